The lowest BCUT2D eigenvalue weighted by Crippen LogP contribution is -2.34. The van der Waals surface area contributed by atoms with E-state index in [4.69, 9.17) is 0 Å². The molecule has 1 aromatic heterocycles. The molecule has 1 heterocycles. The number of carbonyl (C=O) groups excluding carboxylic acids is 2. The first-order valence-corrected chi connectivity index (χ1v) is 5.71. The van der Waals surface area contributed by atoms with E-state index in [2.05, 4.69) is 15.0 Å². The maximum atomic E-state index is 13.3. The summed E-state index contributed by atoms with van der Waals surface area (Å²) in [5.41, 5.74) is -0.416. The number of pyridine rings is 1. The first kappa shape index (κ1) is 16.0. The Hall–Kier alpha value is -2.06. The molecule has 2 atom stereocenters. The summed E-state index contributed by atoms with van der Waals surface area (Å²) in [6.45, 7) is 1.06. The second-order valence-electron chi connectivity index (χ2n) is 4.05. The van der Waals surface area contributed by atoms with Crippen LogP contribution in [0.4, 0.5) is 4.39 Å². The van der Waals surface area contributed by atoms with Gasteiger partial charge >= 0.3 is 5.97 Å². The maximum absolute atomic E-state index is 13.3. The van der Waals surface area contributed by atoms with Gasteiger partial charge in [-0.05, 0) is 6.07 Å². The highest BCUT2D eigenvalue weighted by atomic mass is 19.1. The van der Waals surface area contributed by atoms with Gasteiger partial charge in [-0.3, -0.25) is 4.79 Å². The largest absolute Gasteiger partial charge is 0.465 e. The Morgan fingerprint density at radius 2 is 2.15 bits per heavy atom. The molecule has 110 valence electrons. The normalized spacial score (nSPS) is 13.4. The summed E-state index contributed by atoms with van der Waals surface area (Å²) in [5, 5.41) is 21.9. The third-order valence-corrected chi connectivity index (χ3v) is 2.53. The van der Waals surface area contributed by atoms with Crippen LogP contribution in [0.3, 0.4) is 0 Å². The number of carbonyl (C=O) groups is 2. The van der Waals surface area contributed by atoms with Crippen molar-refractivity contribution in [3.8, 4) is 0 Å². The van der Waals surface area contributed by atoms with Crippen molar-refractivity contribution < 1.29 is 28.9 Å². The number of aliphatic hydroxyl groups is 2. The van der Waals surface area contributed by atoms with E-state index in [0.717, 1.165) is 19.4 Å². The number of aromatic nitrogens is 1. The number of amides is 1. The molecule has 0 aliphatic heterocycles. The van der Waals surface area contributed by atoms with E-state index in [1.807, 2.05) is 0 Å². The van der Waals surface area contributed by atoms with Crippen molar-refractivity contribution in [2.75, 3.05) is 13.7 Å². The van der Waals surface area contributed by atoms with Gasteiger partial charge in [-0.25, -0.2) is 9.78 Å². The van der Waals surface area contributed by atoms with Crippen molar-refractivity contribution >= 4 is 11.9 Å². The third-order valence-electron chi connectivity index (χ3n) is 2.53. The van der Waals surface area contributed by atoms with Gasteiger partial charge < -0.3 is 20.3 Å². The topological polar surface area (TPSA) is 109 Å². The van der Waals surface area contributed by atoms with Gasteiger partial charge in [0.25, 0.3) is 0 Å². The third kappa shape index (κ3) is 3.97. The average Bonchev–Trinajstić information content (AvgIpc) is 2.43. The molecule has 0 spiro atoms. The molecule has 3 N–H and O–H groups in total. The quantitative estimate of drug-likeness (QED) is 0.499. The Morgan fingerprint density at radius 3 is 2.70 bits per heavy atom. The molecule has 7 nitrogen and oxygen atoms in total. The van der Waals surface area contributed by atoms with Crippen LogP contribution in [0.1, 0.15) is 28.9 Å². The first-order valence-electron chi connectivity index (χ1n) is 5.71. The number of ether oxygens (including phenoxy) is 1. The van der Waals surface area contributed by atoms with Crippen LogP contribution in [-0.2, 0) is 9.53 Å². The molecule has 0 aliphatic carbocycles. The van der Waals surface area contributed by atoms with Gasteiger partial charge in [0.2, 0.25) is 11.9 Å². The molecule has 0 fully saturated rings. The standard InChI is InChI=1S/C12H15FN2O5/c1-6(16)14-5-9(17)10(18)7-3-8(12(19)20-2)11(13)15-4-7/h3-4,9-10,17-18H,5H2,1-2H3,(H,14,16). The second-order valence-corrected chi connectivity index (χ2v) is 4.05. The minimum Gasteiger partial charge on any atom is -0.465 e. The lowest BCUT2D eigenvalue weighted by atomic mass is 10.0. The van der Waals surface area contributed by atoms with E-state index < -0.39 is 29.7 Å². The van der Waals surface area contributed by atoms with Crippen molar-refractivity contribution in [3.63, 3.8) is 0 Å². The van der Waals surface area contributed by atoms with Crippen LogP contribution in [-0.4, -0.2) is 46.8 Å². The number of aliphatic hydroxyl groups excluding tert-OH is 2. The number of hydrogen-bond donors (Lipinski definition) is 3. The summed E-state index contributed by atoms with van der Waals surface area (Å²) in [5.74, 6) is -2.35. The van der Waals surface area contributed by atoms with E-state index in [1.165, 1.54) is 6.92 Å². The number of halogens is 1. The van der Waals surface area contributed by atoms with E-state index in [9.17, 15) is 24.2 Å². The highest BCUT2D eigenvalue weighted by Gasteiger charge is 2.22. The maximum Gasteiger partial charge on any atom is 0.342 e. The second kappa shape index (κ2) is 6.92. The van der Waals surface area contributed by atoms with Crippen LogP contribution in [0.15, 0.2) is 12.3 Å². The summed E-state index contributed by atoms with van der Waals surface area (Å²) >= 11 is 0. The number of nitrogens with zero attached hydrogens (tertiary/aromatic N) is 1. The van der Waals surface area contributed by atoms with E-state index in [1.54, 1.807) is 0 Å². The molecule has 1 rings (SSSR count). The van der Waals surface area contributed by atoms with Crippen LogP contribution in [0.2, 0.25) is 0 Å². The molecule has 0 saturated carbocycles. The lowest BCUT2D eigenvalue weighted by molar-refractivity contribution is -0.119. The Balaban J connectivity index is 2.90. The number of rotatable bonds is 5. The SMILES string of the molecule is COC(=O)c1cc(C(O)C(O)CNC(C)=O)cnc1F. The van der Waals surface area contributed by atoms with Gasteiger partial charge in [0, 0.05) is 25.2 Å². The van der Waals surface area contributed by atoms with Gasteiger partial charge in [0.1, 0.15) is 17.8 Å². The zero-order valence-corrected chi connectivity index (χ0v) is 11.0. The molecular weight excluding hydrogens is 271 g/mol. The van der Waals surface area contributed by atoms with Crippen molar-refractivity contribution in [2.45, 2.75) is 19.1 Å². The van der Waals surface area contributed by atoms with Crippen molar-refractivity contribution in [1.82, 2.24) is 10.3 Å². The van der Waals surface area contributed by atoms with Gasteiger partial charge in [-0.2, -0.15) is 4.39 Å². The summed E-state index contributed by atoms with van der Waals surface area (Å²) in [6, 6.07) is 1.04. The number of methoxy groups -OCH3 is 1. The average molecular weight is 286 g/mol. The fraction of sp³-hybridized carbons (Fsp3) is 0.417. The molecule has 1 aromatic rings. The Bertz CT molecular complexity index is 509. The number of hydrogen-bond acceptors (Lipinski definition) is 6. The van der Waals surface area contributed by atoms with E-state index in [0.29, 0.717) is 0 Å². The smallest absolute Gasteiger partial charge is 0.342 e. The first-order chi connectivity index (χ1) is 9.36. The predicted octanol–water partition coefficient (Wildman–Crippen LogP) is -0.462. The van der Waals surface area contributed by atoms with Crippen molar-refractivity contribution in [2.24, 2.45) is 0 Å². The highest BCUT2D eigenvalue weighted by Crippen LogP contribution is 2.19. The molecule has 8 heteroatoms. The van der Waals surface area contributed by atoms with Gasteiger partial charge in [-0.1, -0.05) is 0 Å². The molecule has 0 radical (unpaired) electrons. The Morgan fingerprint density at radius 1 is 1.50 bits per heavy atom. The van der Waals surface area contributed by atoms with Gasteiger partial charge in [-0.15, -0.1) is 0 Å². The zero-order valence-electron chi connectivity index (χ0n) is 11.0. The van der Waals surface area contributed by atoms with Crippen LogP contribution in [0, 0.1) is 5.95 Å². The molecule has 1 amide bonds. The van der Waals surface area contributed by atoms with Crippen LogP contribution in [0.5, 0.6) is 0 Å². The Kier molecular flexibility index (Phi) is 5.53. The Labute approximate surface area is 114 Å². The minimum atomic E-state index is -1.43. The lowest BCUT2D eigenvalue weighted by Gasteiger charge is -2.18. The molecule has 0 aliphatic rings. The predicted molar refractivity (Wildman–Crippen MR) is 65.2 cm³/mol. The van der Waals surface area contributed by atoms with Crippen LogP contribution >= 0.6 is 0 Å². The van der Waals surface area contributed by atoms with E-state index >= 15 is 0 Å². The molecule has 0 bridgehead atoms. The fourth-order valence-electron chi connectivity index (χ4n) is 1.46. The van der Waals surface area contributed by atoms with Crippen LogP contribution in [0.25, 0.3) is 0 Å². The highest BCUT2D eigenvalue weighted by molar-refractivity contribution is 5.89. The monoisotopic (exact) mass is 286 g/mol. The van der Waals surface area contributed by atoms with Gasteiger partial charge in [0.15, 0.2) is 0 Å². The number of nitrogens with one attached hydrogen (secondary N) is 1. The molecular formula is C12H15FN2O5. The van der Waals surface area contributed by atoms with Gasteiger partial charge in [0.05, 0.1) is 7.11 Å². The zero-order chi connectivity index (χ0) is 15.3. The molecule has 0 aromatic carbocycles. The summed E-state index contributed by atoms with van der Waals surface area (Å²) in [4.78, 5) is 25.3. The summed E-state index contributed by atoms with van der Waals surface area (Å²) in [6.07, 6.45) is -1.77. The van der Waals surface area contributed by atoms with E-state index in [-0.39, 0.29) is 18.0 Å². The van der Waals surface area contributed by atoms with Crippen molar-refractivity contribution in [3.05, 3.63) is 29.3 Å². The molecule has 2 unspecified atom stereocenters. The van der Waals surface area contributed by atoms with Crippen molar-refractivity contribution in [1.29, 1.82) is 0 Å². The minimum absolute atomic E-state index is 0.0321. The molecule has 0 saturated heterocycles. The fourth-order valence-corrected chi connectivity index (χ4v) is 1.46. The number of esters is 1. The van der Waals surface area contributed by atoms with Crippen LogP contribution < -0.4 is 5.32 Å². The molecule has 20 heavy (non-hydrogen) atoms. The summed E-state index contributed by atoms with van der Waals surface area (Å²) < 4.78 is 17.7. The summed E-state index contributed by atoms with van der Waals surface area (Å²) in [7, 11) is 1.08.